The van der Waals surface area contributed by atoms with Crippen LogP contribution in [-0.2, 0) is 5.54 Å². The zero-order valence-corrected chi connectivity index (χ0v) is 10.1. The highest BCUT2D eigenvalue weighted by Gasteiger charge is 2.20. The molecule has 0 unspecified atom stereocenters. The molecule has 1 rings (SSSR count). The molecule has 0 aliphatic heterocycles. The highest BCUT2D eigenvalue weighted by atomic mass is 79.9. The van der Waals surface area contributed by atoms with Crippen LogP contribution in [0.2, 0.25) is 0 Å². The second-order valence-electron chi connectivity index (χ2n) is 3.91. The van der Waals surface area contributed by atoms with E-state index in [-0.39, 0.29) is 6.61 Å². The molecule has 0 amide bonds. The monoisotopic (exact) mass is 257 g/mol. The van der Waals surface area contributed by atoms with Crippen LogP contribution in [0.25, 0.3) is 0 Å². The van der Waals surface area contributed by atoms with E-state index in [1.807, 2.05) is 26.0 Å². The van der Waals surface area contributed by atoms with Gasteiger partial charge in [-0.25, -0.2) is 0 Å². The average molecular weight is 258 g/mol. The predicted molar refractivity (Wildman–Crippen MR) is 62.1 cm³/mol. The molecular weight excluding hydrogens is 242 g/mol. The highest BCUT2D eigenvalue weighted by Crippen LogP contribution is 2.25. The maximum Gasteiger partial charge on any atom is 0.0451 e. The van der Waals surface area contributed by atoms with E-state index in [9.17, 15) is 0 Å². The molecule has 78 valence electrons. The molecule has 0 aliphatic carbocycles. The third-order valence-electron chi connectivity index (χ3n) is 2.33. The Balaban J connectivity index is 3.05. The van der Waals surface area contributed by atoms with Gasteiger partial charge in [-0.2, -0.15) is 0 Å². The first-order valence-corrected chi connectivity index (χ1v) is 5.42. The van der Waals surface area contributed by atoms with Crippen LogP contribution in [0.5, 0.6) is 0 Å². The zero-order valence-electron chi connectivity index (χ0n) is 8.55. The summed E-state index contributed by atoms with van der Waals surface area (Å²) in [5.74, 6) is 0. The van der Waals surface area contributed by atoms with Gasteiger partial charge in [0.2, 0.25) is 0 Å². The largest absolute Gasteiger partial charge is 0.396 e. The van der Waals surface area contributed by atoms with E-state index in [1.165, 1.54) is 5.56 Å². The number of halogens is 1. The fraction of sp³-hybridized carbons (Fsp3) is 0.455. The van der Waals surface area contributed by atoms with E-state index in [0.717, 1.165) is 10.0 Å². The van der Waals surface area contributed by atoms with Crippen LogP contribution in [0.1, 0.15) is 24.5 Å². The Morgan fingerprint density at radius 2 is 2.07 bits per heavy atom. The molecule has 0 bridgehead atoms. The van der Waals surface area contributed by atoms with Crippen LogP contribution in [0.3, 0.4) is 0 Å². The van der Waals surface area contributed by atoms with Gasteiger partial charge in [0.25, 0.3) is 0 Å². The number of benzene rings is 1. The first kappa shape index (κ1) is 11.7. The fourth-order valence-corrected chi connectivity index (χ4v) is 2.05. The molecule has 0 spiro atoms. The van der Waals surface area contributed by atoms with E-state index < -0.39 is 5.54 Å². The first-order valence-electron chi connectivity index (χ1n) is 4.63. The van der Waals surface area contributed by atoms with Crippen molar-refractivity contribution >= 4 is 15.9 Å². The van der Waals surface area contributed by atoms with Crippen molar-refractivity contribution in [3.63, 3.8) is 0 Å². The lowest BCUT2D eigenvalue weighted by Crippen LogP contribution is -2.34. The van der Waals surface area contributed by atoms with Crippen molar-refractivity contribution in [2.75, 3.05) is 6.61 Å². The Hall–Kier alpha value is -0.380. The summed E-state index contributed by atoms with van der Waals surface area (Å²) in [7, 11) is 0. The Morgan fingerprint density at radius 3 is 2.57 bits per heavy atom. The lowest BCUT2D eigenvalue weighted by atomic mass is 9.89. The molecule has 2 nitrogen and oxygen atoms in total. The molecule has 0 saturated carbocycles. The van der Waals surface area contributed by atoms with Crippen molar-refractivity contribution in [3.05, 3.63) is 33.8 Å². The number of aliphatic hydroxyl groups excluding tert-OH is 1. The maximum atomic E-state index is 8.91. The SMILES string of the molecule is Cc1cc(Br)cc([C@](C)(N)CCO)c1. The van der Waals surface area contributed by atoms with Gasteiger partial charge in [-0.1, -0.05) is 22.0 Å². The second-order valence-corrected chi connectivity index (χ2v) is 4.82. The lowest BCUT2D eigenvalue weighted by Gasteiger charge is -2.25. The van der Waals surface area contributed by atoms with E-state index in [4.69, 9.17) is 10.8 Å². The maximum absolute atomic E-state index is 8.91. The van der Waals surface area contributed by atoms with Crippen molar-refractivity contribution in [1.82, 2.24) is 0 Å². The smallest absolute Gasteiger partial charge is 0.0451 e. The lowest BCUT2D eigenvalue weighted by molar-refractivity contribution is 0.247. The van der Waals surface area contributed by atoms with Crippen LogP contribution in [0.4, 0.5) is 0 Å². The highest BCUT2D eigenvalue weighted by molar-refractivity contribution is 9.10. The van der Waals surface area contributed by atoms with E-state index >= 15 is 0 Å². The summed E-state index contributed by atoms with van der Waals surface area (Å²) in [6.45, 7) is 4.08. The fourth-order valence-electron chi connectivity index (χ4n) is 1.44. The zero-order chi connectivity index (χ0) is 10.8. The molecule has 3 N–H and O–H groups in total. The minimum atomic E-state index is -0.455. The van der Waals surface area contributed by atoms with Crippen LogP contribution in [-0.4, -0.2) is 11.7 Å². The molecule has 0 heterocycles. The Morgan fingerprint density at radius 1 is 1.43 bits per heavy atom. The van der Waals surface area contributed by atoms with Crippen molar-refractivity contribution in [2.45, 2.75) is 25.8 Å². The minimum Gasteiger partial charge on any atom is -0.396 e. The summed E-state index contributed by atoms with van der Waals surface area (Å²) < 4.78 is 1.03. The van der Waals surface area contributed by atoms with Gasteiger partial charge in [0.1, 0.15) is 0 Å². The number of hydrogen-bond donors (Lipinski definition) is 2. The van der Waals surface area contributed by atoms with Crippen molar-refractivity contribution in [2.24, 2.45) is 5.73 Å². The number of hydrogen-bond acceptors (Lipinski definition) is 2. The molecule has 1 aromatic carbocycles. The van der Waals surface area contributed by atoms with Crippen molar-refractivity contribution in [3.8, 4) is 0 Å². The minimum absolute atomic E-state index is 0.110. The number of nitrogens with two attached hydrogens (primary N) is 1. The van der Waals surface area contributed by atoms with Gasteiger partial charge in [0.05, 0.1) is 0 Å². The summed E-state index contributed by atoms with van der Waals surface area (Å²) in [5, 5.41) is 8.91. The summed E-state index contributed by atoms with van der Waals surface area (Å²) in [5.41, 5.74) is 7.87. The third kappa shape index (κ3) is 2.80. The Bertz CT molecular complexity index is 303. The van der Waals surface area contributed by atoms with Crippen molar-refractivity contribution < 1.29 is 5.11 Å². The molecule has 0 saturated heterocycles. The molecule has 0 aromatic heterocycles. The van der Waals surface area contributed by atoms with Crippen LogP contribution in [0.15, 0.2) is 22.7 Å². The van der Waals surface area contributed by atoms with E-state index in [2.05, 4.69) is 22.0 Å². The van der Waals surface area contributed by atoms with Crippen LogP contribution in [0, 0.1) is 6.92 Å². The number of aryl methyl sites for hydroxylation is 1. The second kappa shape index (κ2) is 4.43. The summed E-state index contributed by atoms with van der Waals surface area (Å²) >= 11 is 3.44. The average Bonchev–Trinajstić information content (AvgIpc) is 2.02. The Kier molecular flexibility index (Phi) is 3.70. The first-order chi connectivity index (χ1) is 6.45. The molecule has 3 heteroatoms. The van der Waals surface area contributed by atoms with Gasteiger partial charge in [-0.15, -0.1) is 0 Å². The summed E-state index contributed by atoms with van der Waals surface area (Å²) in [4.78, 5) is 0. The summed E-state index contributed by atoms with van der Waals surface area (Å²) in [6.07, 6.45) is 0.572. The van der Waals surface area contributed by atoms with Crippen molar-refractivity contribution in [1.29, 1.82) is 0 Å². The van der Waals surface area contributed by atoms with E-state index in [0.29, 0.717) is 6.42 Å². The Labute approximate surface area is 93.3 Å². The predicted octanol–water partition coefficient (Wildman–Crippen LogP) is 2.31. The van der Waals surface area contributed by atoms with Gasteiger partial charge in [0.15, 0.2) is 0 Å². The quantitative estimate of drug-likeness (QED) is 0.873. The van der Waals surface area contributed by atoms with E-state index in [1.54, 1.807) is 0 Å². The molecule has 0 fully saturated rings. The van der Waals surface area contributed by atoms with Gasteiger partial charge in [-0.3, -0.25) is 0 Å². The van der Waals surface area contributed by atoms with Gasteiger partial charge in [0, 0.05) is 16.6 Å². The molecule has 0 radical (unpaired) electrons. The standard InChI is InChI=1S/C11H16BrNO/c1-8-5-9(7-10(12)6-8)11(2,13)3-4-14/h5-7,14H,3-4,13H2,1-2H3/t11-/m1/s1. The molecular formula is C11H16BrNO. The topological polar surface area (TPSA) is 46.2 Å². The third-order valence-corrected chi connectivity index (χ3v) is 2.79. The van der Waals surface area contributed by atoms with Gasteiger partial charge in [-0.05, 0) is 43.5 Å². The molecule has 14 heavy (non-hydrogen) atoms. The normalized spacial score (nSPS) is 15.2. The number of rotatable bonds is 3. The molecule has 1 atom stereocenters. The van der Waals surface area contributed by atoms with Gasteiger partial charge < -0.3 is 10.8 Å². The van der Waals surface area contributed by atoms with Crippen LogP contribution < -0.4 is 5.73 Å². The molecule has 1 aromatic rings. The molecule has 0 aliphatic rings. The van der Waals surface area contributed by atoms with Crippen LogP contribution >= 0.6 is 15.9 Å². The summed E-state index contributed by atoms with van der Waals surface area (Å²) in [6, 6.07) is 6.10. The van der Waals surface area contributed by atoms with Gasteiger partial charge >= 0.3 is 0 Å². The number of aliphatic hydroxyl groups is 1.